The third kappa shape index (κ3) is 5.84. The Morgan fingerprint density at radius 3 is 2.48 bits per heavy atom. The molecular formula is C25H30FN3O2. The van der Waals surface area contributed by atoms with Crippen LogP contribution in [0.5, 0.6) is 0 Å². The number of nitrogens with one attached hydrogen (secondary N) is 1. The van der Waals surface area contributed by atoms with E-state index in [1.54, 1.807) is 12.1 Å². The highest BCUT2D eigenvalue weighted by molar-refractivity contribution is 5.78. The zero-order valence-electron chi connectivity index (χ0n) is 17.9. The Morgan fingerprint density at radius 2 is 1.74 bits per heavy atom. The van der Waals surface area contributed by atoms with Crippen LogP contribution in [-0.2, 0) is 24.3 Å². The topological polar surface area (TPSA) is 52.7 Å². The Labute approximate surface area is 183 Å². The van der Waals surface area contributed by atoms with Gasteiger partial charge in [0.05, 0.1) is 0 Å². The fraction of sp³-hybridized carbons (Fsp3) is 0.440. The monoisotopic (exact) mass is 423 g/mol. The van der Waals surface area contributed by atoms with Crippen molar-refractivity contribution in [2.45, 2.75) is 45.2 Å². The van der Waals surface area contributed by atoms with Crippen LogP contribution in [0.4, 0.5) is 9.18 Å². The van der Waals surface area contributed by atoms with Crippen molar-refractivity contribution >= 4 is 11.9 Å². The molecule has 0 aliphatic carbocycles. The van der Waals surface area contributed by atoms with E-state index in [1.165, 1.54) is 6.07 Å². The number of amides is 3. The molecule has 4 rings (SSSR count). The molecule has 0 radical (unpaired) electrons. The molecule has 0 unspecified atom stereocenters. The summed E-state index contributed by atoms with van der Waals surface area (Å²) in [6, 6.07) is 14.8. The van der Waals surface area contributed by atoms with Crippen LogP contribution < -0.4 is 5.32 Å². The maximum atomic E-state index is 13.4. The number of halogens is 1. The summed E-state index contributed by atoms with van der Waals surface area (Å²) >= 11 is 0. The van der Waals surface area contributed by atoms with Gasteiger partial charge in [-0.3, -0.25) is 4.79 Å². The lowest BCUT2D eigenvalue weighted by atomic mass is 9.90. The van der Waals surface area contributed by atoms with Gasteiger partial charge in [0, 0.05) is 39.1 Å². The van der Waals surface area contributed by atoms with Crippen LogP contribution in [0.1, 0.15) is 42.4 Å². The average molecular weight is 424 g/mol. The summed E-state index contributed by atoms with van der Waals surface area (Å²) in [5.74, 6) is 0.515. The molecule has 2 saturated heterocycles. The summed E-state index contributed by atoms with van der Waals surface area (Å²) in [7, 11) is 0. The van der Waals surface area contributed by atoms with Crippen LogP contribution in [-0.4, -0.2) is 41.4 Å². The van der Waals surface area contributed by atoms with E-state index in [2.05, 4.69) is 11.4 Å². The number of benzene rings is 2. The van der Waals surface area contributed by atoms with E-state index < -0.39 is 0 Å². The van der Waals surface area contributed by atoms with E-state index in [9.17, 15) is 14.0 Å². The van der Waals surface area contributed by atoms with Crippen LogP contribution in [0.2, 0.25) is 0 Å². The van der Waals surface area contributed by atoms with E-state index in [4.69, 9.17) is 0 Å². The smallest absolute Gasteiger partial charge is 0.317 e. The number of hydrogen-bond donors (Lipinski definition) is 1. The minimum atomic E-state index is -0.189. The van der Waals surface area contributed by atoms with Crippen molar-refractivity contribution in [2.24, 2.45) is 5.92 Å². The Kier molecular flexibility index (Phi) is 6.85. The molecule has 2 aliphatic heterocycles. The van der Waals surface area contributed by atoms with Gasteiger partial charge in [-0.05, 0) is 60.4 Å². The van der Waals surface area contributed by atoms with Crippen molar-refractivity contribution in [2.75, 3.05) is 19.6 Å². The maximum absolute atomic E-state index is 13.4. The average Bonchev–Trinajstić information content (AvgIpc) is 3.17. The molecule has 2 aromatic rings. The first-order valence-electron chi connectivity index (χ1n) is 11.2. The fourth-order valence-electron chi connectivity index (χ4n) is 4.56. The van der Waals surface area contributed by atoms with Crippen molar-refractivity contribution in [1.29, 1.82) is 0 Å². The second-order valence-corrected chi connectivity index (χ2v) is 8.66. The van der Waals surface area contributed by atoms with Gasteiger partial charge in [-0.2, -0.15) is 0 Å². The van der Waals surface area contributed by atoms with Crippen LogP contribution in [0.25, 0.3) is 0 Å². The van der Waals surface area contributed by atoms with E-state index in [-0.39, 0.29) is 17.8 Å². The van der Waals surface area contributed by atoms with Gasteiger partial charge in [0.1, 0.15) is 5.82 Å². The molecule has 0 atom stereocenters. The zero-order chi connectivity index (χ0) is 21.6. The highest BCUT2D eigenvalue weighted by Crippen LogP contribution is 2.22. The number of urea groups is 1. The van der Waals surface area contributed by atoms with Gasteiger partial charge in [0.25, 0.3) is 0 Å². The molecule has 1 N–H and O–H groups in total. The highest BCUT2D eigenvalue weighted by Gasteiger charge is 2.23. The van der Waals surface area contributed by atoms with Gasteiger partial charge < -0.3 is 15.1 Å². The quantitative estimate of drug-likeness (QED) is 0.760. The molecule has 2 heterocycles. The normalized spacial score (nSPS) is 17.3. The van der Waals surface area contributed by atoms with Crippen LogP contribution in [0.15, 0.2) is 48.5 Å². The lowest BCUT2D eigenvalue weighted by Gasteiger charge is -2.32. The molecule has 0 spiro atoms. The van der Waals surface area contributed by atoms with Gasteiger partial charge in [-0.15, -0.1) is 0 Å². The van der Waals surface area contributed by atoms with Crippen molar-refractivity contribution in [3.8, 4) is 0 Å². The molecule has 31 heavy (non-hydrogen) atoms. The fourth-order valence-corrected chi connectivity index (χ4v) is 4.56. The van der Waals surface area contributed by atoms with E-state index in [0.29, 0.717) is 25.4 Å². The van der Waals surface area contributed by atoms with E-state index in [0.717, 1.165) is 62.0 Å². The van der Waals surface area contributed by atoms with Gasteiger partial charge >= 0.3 is 6.03 Å². The first kappa shape index (κ1) is 21.3. The number of nitrogens with zero attached hydrogens (tertiary/aromatic N) is 2. The molecule has 6 heteroatoms. The molecule has 5 nitrogen and oxygen atoms in total. The number of piperidine rings is 1. The van der Waals surface area contributed by atoms with E-state index in [1.807, 2.05) is 34.1 Å². The molecule has 0 aromatic heterocycles. The number of rotatable bonds is 6. The number of carbonyl (C=O) groups is 2. The minimum absolute atomic E-state index is 0.0377. The molecule has 2 aromatic carbocycles. The zero-order valence-corrected chi connectivity index (χ0v) is 17.9. The van der Waals surface area contributed by atoms with E-state index >= 15 is 0 Å². The summed E-state index contributed by atoms with van der Waals surface area (Å²) in [6.45, 7) is 3.39. The summed E-state index contributed by atoms with van der Waals surface area (Å²) in [4.78, 5) is 28.2. The lowest BCUT2D eigenvalue weighted by Crippen LogP contribution is -2.44. The molecular weight excluding hydrogens is 393 g/mol. The Bertz CT molecular complexity index is 924. The SMILES string of the molecule is O=C1CCCN1Cc1cccc(CNC(=O)N2CCC(Cc3cccc(F)c3)CC2)c1. The predicted octanol–water partition coefficient (Wildman–Crippen LogP) is 4.11. The summed E-state index contributed by atoms with van der Waals surface area (Å²) in [6.07, 6.45) is 4.31. The Morgan fingerprint density at radius 1 is 1.00 bits per heavy atom. The van der Waals surface area contributed by atoms with Gasteiger partial charge in [0.2, 0.25) is 5.91 Å². The molecule has 0 bridgehead atoms. The molecule has 164 valence electrons. The molecule has 2 aliphatic rings. The van der Waals surface area contributed by atoms with Crippen LogP contribution >= 0.6 is 0 Å². The highest BCUT2D eigenvalue weighted by atomic mass is 19.1. The van der Waals surface area contributed by atoms with Gasteiger partial charge in [-0.25, -0.2) is 9.18 Å². The second-order valence-electron chi connectivity index (χ2n) is 8.66. The van der Waals surface area contributed by atoms with Crippen molar-refractivity contribution in [3.05, 3.63) is 71.0 Å². The first-order chi connectivity index (χ1) is 15.1. The van der Waals surface area contributed by atoms with Gasteiger partial charge in [-0.1, -0.05) is 36.4 Å². The summed E-state index contributed by atoms with van der Waals surface area (Å²) in [5.41, 5.74) is 3.16. The Hall–Kier alpha value is -2.89. The number of carbonyl (C=O) groups excluding carboxylic acids is 2. The second kappa shape index (κ2) is 9.94. The molecule has 2 fully saturated rings. The number of hydrogen-bond acceptors (Lipinski definition) is 2. The van der Waals surface area contributed by atoms with Crippen molar-refractivity contribution in [1.82, 2.24) is 15.1 Å². The van der Waals surface area contributed by atoms with Gasteiger partial charge in [0.15, 0.2) is 0 Å². The van der Waals surface area contributed by atoms with Crippen molar-refractivity contribution in [3.63, 3.8) is 0 Å². The predicted molar refractivity (Wildman–Crippen MR) is 118 cm³/mol. The summed E-state index contributed by atoms with van der Waals surface area (Å²) < 4.78 is 13.4. The van der Waals surface area contributed by atoms with Crippen LogP contribution in [0, 0.1) is 11.7 Å². The third-order valence-electron chi connectivity index (χ3n) is 6.30. The standard InChI is InChI=1S/C25H30FN3O2/c26-23-7-2-4-20(16-23)14-19-9-12-28(13-10-19)25(31)27-17-21-5-1-6-22(15-21)18-29-11-3-8-24(29)30/h1-2,4-7,15-16,19H,3,8-14,17-18H2,(H,27,31). The van der Waals surface area contributed by atoms with Crippen molar-refractivity contribution < 1.29 is 14.0 Å². The number of likely N-dealkylation sites (tertiary alicyclic amines) is 2. The van der Waals surface area contributed by atoms with Crippen LogP contribution in [0.3, 0.4) is 0 Å². The molecule has 0 saturated carbocycles. The largest absolute Gasteiger partial charge is 0.338 e. The molecule has 3 amide bonds. The summed E-state index contributed by atoms with van der Waals surface area (Å²) in [5, 5.41) is 3.03. The third-order valence-corrected chi connectivity index (χ3v) is 6.30. The first-order valence-corrected chi connectivity index (χ1v) is 11.2. The maximum Gasteiger partial charge on any atom is 0.317 e. The minimum Gasteiger partial charge on any atom is -0.338 e. The Balaban J connectivity index is 1.22. The lowest BCUT2D eigenvalue weighted by molar-refractivity contribution is -0.128.